The standard InChI is InChI=1S/C25H25N5O3/c1-4-18(19-9-7-6-8-10-19)15-21(31)29-13-11-25(33,12-14-29)16-30-17-26-22-20(5-2)28(3)27-23(22)24(30)32/h1-2,6-10,17-18,33H,11-16H2,3H3/t18-/m1/s1. The minimum Gasteiger partial charge on any atom is -0.388 e. The summed E-state index contributed by atoms with van der Waals surface area (Å²) in [5.74, 6) is 4.86. The number of nitrogens with zero attached hydrogens (tertiary/aromatic N) is 5. The van der Waals surface area contributed by atoms with Gasteiger partial charge in [-0.3, -0.25) is 18.8 Å². The van der Waals surface area contributed by atoms with E-state index in [4.69, 9.17) is 12.8 Å². The molecule has 1 amide bonds. The summed E-state index contributed by atoms with van der Waals surface area (Å²) in [7, 11) is 1.66. The molecule has 0 bridgehead atoms. The lowest BCUT2D eigenvalue weighted by molar-refractivity contribution is -0.136. The normalized spacial score (nSPS) is 16.2. The summed E-state index contributed by atoms with van der Waals surface area (Å²) in [6.45, 7) is 0.836. The van der Waals surface area contributed by atoms with Gasteiger partial charge in [0.15, 0.2) is 5.52 Å². The topological polar surface area (TPSA) is 93.2 Å². The number of amides is 1. The van der Waals surface area contributed by atoms with Gasteiger partial charge in [-0.05, 0) is 24.3 Å². The molecule has 1 aromatic carbocycles. The van der Waals surface area contributed by atoms with Crippen LogP contribution in [-0.4, -0.2) is 53.9 Å². The van der Waals surface area contributed by atoms with Gasteiger partial charge in [0, 0.05) is 26.6 Å². The van der Waals surface area contributed by atoms with Gasteiger partial charge >= 0.3 is 0 Å². The van der Waals surface area contributed by atoms with Crippen LogP contribution in [0, 0.1) is 24.7 Å². The maximum absolute atomic E-state index is 12.9. The highest BCUT2D eigenvalue weighted by Crippen LogP contribution is 2.26. The zero-order valence-corrected chi connectivity index (χ0v) is 18.4. The number of carbonyl (C=O) groups is 1. The smallest absolute Gasteiger partial charge is 0.281 e. The molecule has 1 N–H and O–H groups in total. The summed E-state index contributed by atoms with van der Waals surface area (Å²) in [5.41, 5.74) is 0.418. The summed E-state index contributed by atoms with van der Waals surface area (Å²) in [6, 6.07) is 9.55. The van der Waals surface area contributed by atoms with Crippen LogP contribution in [0.3, 0.4) is 0 Å². The first-order valence-electron chi connectivity index (χ1n) is 10.8. The molecule has 8 heteroatoms. The lowest BCUT2D eigenvalue weighted by Crippen LogP contribution is -2.49. The van der Waals surface area contributed by atoms with Crippen molar-refractivity contribution in [3.05, 3.63) is 58.3 Å². The van der Waals surface area contributed by atoms with Crippen LogP contribution in [-0.2, 0) is 18.4 Å². The van der Waals surface area contributed by atoms with Gasteiger partial charge in [0.25, 0.3) is 5.56 Å². The van der Waals surface area contributed by atoms with Gasteiger partial charge in [0.2, 0.25) is 5.91 Å². The number of hydrogen-bond acceptors (Lipinski definition) is 5. The largest absolute Gasteiger partial charge is 0.388 e. The van der Waals surface area contributed by atoms with Gasteiger partial charge in [0.05, 0.1) is 24.4 Å². The maximum Gasteiger partial charge on any atom is 0.281 e. The molecule has 33 heavy (non-hydrogen) atoms. The van der Waals surface area contributed by atoms with E-state index in [1.54, 1.807) is 11.9 Å². The molecule has 0 saturated carbocycles. The number of aromatic nitrogens is 4. The number of aryl methyl sites for hydroxylation is 1. The van der Waals surface area contributed by atoms with Crippen LogP contribution in [0.25, 0.3) is 11.0 Å². The molecular formula is C25H25N5O3. The number of fused-ring (bicyclic) bond motifs is 1. The van der Waals surface area contributed by atoms with Crippen LogP contribution < -0.4 is 5.56 Å². The number of terminal acetylenes is 2. The Morgan fingerprint density at radius 2 is 1.91 bits per heavy atom. The maximum atomic E-state index is 12.9. The molecule has 1 aliphatic heterocycles. The predicted molar refractivity (Wildman–Crippen MR) is 124 cm³/mol. The molecule has 0 unspecified atom stereocenters. The highest BCUT2D eigenvalue weighted by atomic mass is 16.3. The van der Waals surface area contributed by atoms with Crippen molar-refractivity contribution in [1.82, 2.24) is 24.2 Å². The van der Waals surface area contributed by atoms with E-state index < -0.39 is 5.60 Å². The Morgan fingerprint density at radius 3 is 2.55 bits per heavy atom. The quantitative estimate of drug-likeness (QED) is 0.600. The van der Waals surface area contributed by atoms with Gasteiger partial charge in [-0.15, -0.1) is 12.8 Å². The molecule has 1 atom stereocenters. The fourth-order valence-electron chi connectivity index (χ4n) is 4.28. The van der Waals surface area contributed by atoms with Crippen LogP contribution in [0.1, 0.15) is 36.4 Å². The van der Waals surface area contributed by atoms with Gasteiger partial charge < -0.3 is 10.0 Å². The lowest BCUT2D eigenvalue weighted by Gasteiger charge is -2.38. The molecule has 168 valence electrons. The predicted octanol–water partition coefficient (Wildman–Crippen LogP) is 1.27. The third kappa shape index (κ3) is 4.39. The Balaban J connectivity index is 1.42. The second kappa shape index (κ2) is 8.93. The number of carbonyl (C=O) groups excluding carboxylic acids is 1. The Kier molecular flexibility index (Phi) is 6.04. The first-order valence-corrected chi connectivity index (χ1v) is 10.8. The van der Waals surface area contributed by atoms with Gasteiger partial charge in [-0.1, -0.05) is 36.3 Å². The first-order chi connectivity index (χ1) is 15.8. The number of likely N-dealkylation sites (tertiary alicyclic amines) is 1. The monoisotopic (exact) mass is 443 g/mol. The third-order valence-electron chi connectivity index (χ3n) is 6.24. The minimum absolute atomic E-state index is 0.0422. The average molecular weight is 444 g/mol. The molecule has 3 heterocycles. The van der Waals surface area contributed by atoms with E-state index in [2.05, 4.69) is 21.9 Å². The molecule has 1 saturated heterocycles. The van der Waals surface area contributed by atoms with E-state index in [1.165, 1.54) is 15.6 Å². The molecule has 3 aromatic rings. The molecular weight excluding hydrogens is 418 g/mol. The van der Waals surface area contributed by atoms with Crippen LogP contribution in [0.5, 0.6) is 0 Å². The Labute approximate surface area is 191 Å². The fourth-order valence-corrected chi connectivity index (χ4v) is 4.28. The number of rotatable bonds is 5. The van der Waals surface area contributed by atoms with Crippen LogP contribution in [0.4, 0.5) is 0 Å². The molecule has 8 nitrogen and oxygen atoms in total. The summed E-state index contributed by atoms with van der Waals surface area (Å²) in [6.07, 6.45) is 13.4. The summed E-state index contributed by atoms with van der Waals surface area (Å²) in [4.78, 5) is 31.7. The number of piperidine rings is 1. The molecule has 2 aromatic heterocycles. The van der Waals surface area contributed by atoms with Crippen molar-refractivity contribution >= 4 is 16.9 Å². The Morgan fingerprint density at radius 1 is 1.21 bits per heavy atom. The summed E-state index contributed by atoms with van der Waals surface area (Å²) < 4.78 is 2.80. The first kappa shape index (κ1) is 22.3. The van der Waals surface area contributed by atoms with Crippen LogP contribution in [0.2, 0.25) is 0 Å². The molecule has 1 fully saturated rings. The second-order valence-electron chi connectivity index (χ2n) is 8.43. The zero-order valence-electron chi connectivity index (χ0n) is 18.4. The second-order valence-corrected chi connectivity index (χ2v) is 8.43. The third-order valence-corrected chi connectivity index (χ3v) is 6.24. The van der Waals surface area contributed by atoms with Crippen LogP contribution >= 0.6 is 0 Å². The van der Waals surface area contributed by atoms with E-state index in [9.17, 15) is 14.7 Å². The highest BCUT2D eigenvalue weighted by molar-refractivity contribution is 5.79. The van der Waals surface area contributed by atoms with Crippen molar-refractivity contribution in [1.29, 1.82) is 0 Å². The summed E-state index contributed by atoms with van der Waals surface area (Å²) >= 11 is 0. The van der Waals surface area contributed by atoms with E-state index >= 15 is 0 Å². The van der Waals surface area contributed by atoms with Crippen molar-refractivity contribution in [3.8, 4) is 24.7 Å². The van der Waals surface area contributed by atoms with Crippen LogP contribution in [0.15, 0.2) is 41.5 Å². The van der Waals surface area contributed by atoms with E-state index in [1.807, 2.05) is 30.3 Å². The summed E-state index contributed by atoms with van der Waals surface area (Å²) in [5, 5.41) is 15.3. The number of aliphatic hydroxyl groups is 1. The van der Waals surface area contributed by atoms with Crippen molar-refractivity contribution in [2.45, 2.75) is 37.3 Å². The van der Waals surface area contributed by atoms with Crippen molar-refractivity contribution in [2.24, 2.45) is 7.05 Å². The van der Waals surface area contributed by atoms with Gasteiger partial charge in [-0.25, -0.2) is 4.98 Å². The highest BCUT2D eigenvalue weighted by Gasteiger charge is 2.35. The van der Waals surface area contributed by atoms with E-state index in [-0.39, 0.29) is 35.9 Å². The van der Waals surface area contributed by atoms with Gasteiger partial charge in [0.1, 0.15) is 11.2 Å². The van der Waals surface area contributed by atoms with Crippen molar-refractivity contribution in [2.75, 3.05) is 13.1 Å². The van der Waals surface area contributed by atoms with Gasteiger partial charge in [-0.2, -0.15) is 5.10 Å². The Hall–Kier alpha value is -3.88. The fraction of sp³-hybridized carbons (Fsp3) is 0.360. The molecule has 0 aliphatic carbocycles. The molecule has 4 rings (SSSR count). The van der Waals surface area contributed by atoms with E-state index in [0.29, 0.717) is 37.1 Å². The average Bonchev–Trinajstić information content (AvgIpc) is 3.16. The molecule has 1 aliphatic rings. The zero-order chi connectivity index (χ0) is 23.6. The van der Waals surface area contributed by atoms with E-state index in [0.717, 1.165) is 5.56 Å². The molecule has 0 radical (unpaired) electrons. The van der Waals surface area contributed by atoms with Crippen molar-refractivity contribution < 1.29 is 9.90 Å². The number of hydrogen-bond donors (Lipinski definition) is 1. The SMILES string of the molecule is C#Cc1c2ncn(CC3(O)CCN(C(=O)C[C@@H](C#C)c4ccccc4)CC3)c(=O)c2nn1C. The van der Waals surface area contributed by atoms with Crippen molar-refractivity contribution in [3.63, 3.8) is 0 Å². The Bertz CT molecular complexity index is 1320. The minimum atomic E-state index is -1.13. The lowest BCUT2D eigenvalue weighted by atomic mass is 9.90. The molecule has 0 spiro atoms. The number of benzene rings is 1.